The Kier molecular flexibility index (Phi) is 4.32. The van der Waals surface area contributed by atoms with E-state index in [1.807, 2.05) is 0 Å². The summed E-state index contributed by atoms with van der Waals surface area (Å²) in [6.45, 7) is 1.34. The average molecular weight is 146 g/mol. The van der Waals surface area contributed by atoms with E-state index < -0.39 is 5.97 Å². The van der Waals surface area contributed by atoms with Crippen LogP contribution in [-0.2, 0) is 14.3 Å². The lowest BCUT2D eigenvalue weighted by Gasteiger charge is -2.02. The third-order valence-electron chi connectivity index (χ3n) is 0.705. The molecule has 0 bridgehead atoms. The van der Waals surface area contributed by atoms with E-state index in [1.54, 1.807) is 0 Å². The van der Waals surface area contributed by atoms with E-state index in [9.17, 15) is 4.79 Å². The van der Waals surface area contributed by atoms with Crippen LogP contribution in [0.1, 0.15) is 6.92 Å². The van der Waals surface area contributed by atoms with Crippen molar-refractivity contribution in [2.75, 3.05) is 13.7 Å². The Morgan fingerprint density at radius 2 is 2.30 bits per heavy atom. The fraction of sp³-hybridized carbons (Fsp3) is 0.500. The van der Waals surface area contributed by atoms with E-state index >= 15 is 0 Å². The third kappa shape index (κ3) is 3.91. The molecular weight excluding hydrogens is 136 g/mol. The molecule has 0 aromatic carbocycles. The molecular formula is C6H10O4. The van der Waals surface area contributed by atoms with E-state index in [-0.39, 0.29) is 12.4 Å². The van der Waals surface area contributed by atoms with Gasteiger partial charge in [0.05, 0.1) is 0 Å². The quantitative estimate of drug-likeness (QED) is 0.467. The lowest BCUT2D eigenvalue weighted by molar-refractivity contribution is -0.137. The molecule has 0 atom stereocenters. The van der Waals surface area contributed by atoms with Crippen LogP contribution in [0.3, 0.4) is 0 Å². The van der Waals surface area contributed by atoms with Crippen molar-refractivity contribution in [1.29, 1.82) is 0 Å². The second-order valence-electron chi connectivity index (χ2n) is 1.62. The Balaban J connectivity index is 3.73. The van der Waals surface area contributed by atoms with Crippen molar-refractivity contribution in [2.24, 2.45) is 0 Å². The number of carbonyl (C=O) groups excluding carboxylic acids is 1. The maximum atomic E-state index is 10.3. The lowest BCUT2D eigenvalue weighted by Crippen LogP contribution is -2.04. The van der Waals surface area contributed by atoms with Crippen LogP contribution >= 0.6 is 0 Å². The first-order valence-corrected chi connectivity index (χ1v) is 2.71. The number of rotatable bonds is 3. The summed E-state index contributed by atoms with van der Waals surface area (Å²) in [5, 5.41) is 8.39. The Labute approximate surface area is 59.1 Å². The molecule has 58 valence electrons. The molecule has 0 aliphatic rings. The van der Waals surface area contributed by atoms with Crippen LogP contribution in [0.2, 0.25) is 0 Å². The van der Waals surface area contributed by atoms with E-state index in [4.69, 9.17) is 5.11 Å². The predicted molar refractivity (Wildman–Crippen MR) is 34.4 cm³/mol. The highest BCUT2D eigenvalue weighted by Crippen LogP contribution is 1.95. The Bertz CT molecular complexity index is 139. The smallest absolute Gasteiger partial charge is 0.307 e. The molecule has 4 nitrogen and oxygen atoms in total. The van der Waals surface area contributed by atoms with Gasteiger partial charge >= 0.3 is 5.97 Å². The second-order valence-corrected chi connectivity index (χ2v) is 1.62. The van der Waals surface area contributed by atoms with Gasteiger partial charge in [-0.3, -0.25) is 4.79 Å². The van der Waals surface area contributed by atoms with E-state index in [2.05, 4.69) is 9.47 Å². The molecule has 0 aromatic heterocycles. The summed E-state index contributed by atoms with van der Waals surface area (Å²) < 4.78 is 9.08. The van der Waals surface area contributed by atoms with Crippen LogP contribution in [0.15, 0.2) is 12.0 Å². The number of methoxy groups -OCH3 is 1. The van der Waals surface area contributed by atoms with Crippen LogP contribution < -0.4 is 0 Å². The molecule has 0 aliphatic carbocycles. The normalized spacial score (nSPS) is 11.2. The Morgan fingerprint density at radius 3 is 2.60 bits per heavy atom. The Morgan fingerprint density at radius 1 is 1.70 bits per heavy atom. The first-order valence-electron chi connectivity index (χ1n) is 2.71. The first kappa shape index (κ1) is 8.97. The molecule has 0 saturated carbocycles. The largest absolute Gasteiger partial charge is 0.512 e. The molecule has 0 unspecified atom stereocenters. The Hall–Kier alpha value is -1.03. The minimum absolute atomic E-state index is 0.0933. The van der Waals surface area contributed by atoms with Gasteiger partial charge in [0.25, 0.3) is 0 Å². The maximum Gasteiger partial charge on any atom is 0.307 e. The number of aliphatic hydroxyl groups is 1. The molecule has 4 heteroatoms. The summed E-state index contributed by atoms with van der Waals surface area (Å²) >= 11 is 0. The minimum atomic E-state index is -0.475. The van der Waals surface area contributed by atoms with Gasteiger partial charge in [0.1, 0.15) is 12.9 Å². The number of hydrogen-bond acceptors (Lipinski definition) is 4. The van der Waals surface area contributed by atoms with Crippen molar-refractivity contribution < 1.29 is 19.4 Å². The lowest BCUT2D eigenvalue weighted by atomic mass is 10.6. The van der Waals surface area contributed by atoms with Gasteiger partial charge in [0, 0.05) is 14.0 Å². The summed E-state index contributed by atoms with van der Waals surface area (Å²) in [5.74, 6) is -0.368. The van der Waals surface area contributed by atoms with Crippen molar-refractivity contribution in [3.8, 4) is 0 Å². The van der Waals surface area contributed by atoms with Crippen LogP contribution in [0, 0.1) is 0 Å². The average Bonchev–Trinajstić information content (AvgIpc) is 1.86. The molecule has 1 N–H and O–H groups in total. The molecule has 0 aliphatic heterocycles. The maximum absolute atomic E-state index is 10.3. The molecule has 0 fully saturated rings. The van der Waals surface area contributed by atoms with Gasteiger partial charge in [-0.1, -0.05) is 0 Å². The molecule has 10 heavy (non-hydrogen) atoms. The summed E-state index contributed by atoms with van der Waals surface area (Å²) in [5.41, 5.74) is 0. The van der Waals surface area contributed by atoms with Crippen molar-refractivity contribution in [3.63, 3.8) is 0 Å². The number of hydrogen-bond donors (Lipinski definition) is 1. The molecule has 0 spiro atoms. The van der Waals surface area contributed by atoms with Crippen LogP contribution in [-0.4, -0.2) is 24.8 Å². The molecule has 0 amide bonds. The van der Waals surface area contributed by atoms with Crippen molar-refractivity contribution in [1.82, 2.24) is 0 Å². The zero-order valence-corrected chi connectivity index (χ0v) is 5.96. The molecule has 0 saturated heterocycles. The predicted octanol–water partition coefficient (Wildman–Crippen LogP) is 0.595. The topological polar surface area (TPSA) is 55.8 Å². The highest BCUT2D eigenvalue weighted by Gasteiger charge is 1.99. The van der Waals surface area contributed by atoms with Crippen LogP contribution in [0.5, 0.6) is 0 Å². The zero-order chi connectivity index (χ0) is 7.98. The zero-order valence-electron chi connectivity index (χ0n) is 5.96. The van der Waals surface area contributed by atoms with E-state index in [0.717, 1.165) is 0 Å². The molecule has 0 heterocycles. The standard InChI is InChI=1S/C6H10O4/c1-5(8)10-6(3-7)4-9-2/h3,7H,4H2,1-2H3/b6-3-. The third-order valence-corrected chi connectivity index (χ3v) is 0.705. The highest BCUT2D eigenvalue weighted by atomic mass is 16.6. The fourth-order valence-electron chi connectivity index (χ4n) is 0.420. The van der Waals surface area contributed by atoms with Gasteiger partial charge in [-0.05, 0) is 0 Å². The number of carbonyl (C=O) groups is 1. The monoisotopic (exact) mass is 146 g/mol. The van der Waals surface area contributed by atoms with Gasteiger partial charge in [-0.2, -0.15) is 0 Å². The number of aliphatic hydroxyl groups excluding tert-OH is 1. The molecule has 0 rings (SSSR count). The summed E-state index contributed by atoms with van der Waals surface area (Å²) in [6, 6.07) is 0. The first-order chi connectivity index (χ1) is 4.70. The minimum Gasteiger partial charge on any atom is -0.512 e. The number of esters is 1. The number of ether oxygens (including phenoxy) is 2. The van der Waals surface area contributed by atoms with Crippen LogP contribution in [0.25, 0.3) is 0 Å². The van der Waals surface area contributed by atoms with Gasteiger partial charge in [0.2, 0.25) is 0 Å². The molecule has 0 aromatic rings. The van der Waals surface area contributed by atoms with Gasteiger partial charge in [-0.15, -0.1) is 0 Å². The van der Waals surface area contributed by atoms with Crippen molar-refractivity contribution >= 4 is 5.97 Å². The van der Waals surface area contributed by atoms with E-state index in [0.29, 0.717) is 6.26 Å². The fourth-order valence-corrected chi connectivity index (χ4v) is 0.420. The summed E-state index contributed by atoms with van der Waals surface area (Å²) in [7, 11) is 1.44. The van der Waals surface area contributed by atoms with Gasteiger partial charge in [-0.25, -0.2) is 0 Å². The SMILES string of the molecule is COC/C(=C/O)OC(C)=O. The summed E-state index contributed by atoms with van der Waals surface area (Å²) in [6.07, 6.45) is 0.699. The van der Waals surface area contributed by atoms with Crippen molar-refractivity contribution in [3.05, 3.63) is 12.0 Å². The highest BCUT2D eigenvalue weighted by molar-refractivity contribution is 5.67. The molecule has 0 radical (unpaired) electrons. The van der Waals surface area contributed by atoms with Gasteiger partial charge in [0.15, 0.2) is 5.76 Å². The van der Waals surface area contributed by atoms with E-state index in [1.165, 1.54) is 14.0 Å². The summed E-state index contributed by atoms with van der Waals surface area (Å²) in [4.78, 5) is 10.3. The van der Waals surface area contributed by atoms with Gasteiger partial charge < -0.3 is 14.6 Å². The van der Waals surface area contributed by atoms with Crippen LogP contribution in [0.4, 0.5) is 0 Å². The second kappa shape index (κ2) is 4.81. The van der Waals surface area contributed by atoms with Crippen molar-refractivity contribution in [2.45, 2.75) is 6.92 Å².